The van der Waals surface area contributed by atoms with E-state index in [1.807, 2.05) is 0 Å². The Balaban J connectivity index is 1.57. The third-order valence-electron chi connectivity index (χ3n) is 7.95. The minimum absolute atomic E-state index is 0.103. The van der Waals surface area contributed by atoms with Crippen molar-refractivity contribution in [2.75, 3.05) is 0 Å². The Morgan fingerprint density at radius 1 is 1.23 bits per heavy atom. The van der Waals surface area contributed by atoms with Gasteiger partial charge in [0, 0.05) is 23.7 Å². The smallest absolute Gasteiger partial charge is 0.170 e. The molecule has 118 valence electrons. The molecule has 0 aromatic carbocycles. The Labute approximate surface area is 131 Å². The van der Waals surface area contributed by atoms with Crippen molar-refractivity contribution in [2.24, 2.45) is 34.5 Å². The number of carbonyl (C=O) groups is 2. The Morgan fingerprint density at radius 2 is 2.05 bits per heavy atom. The Bertz CT molecular complexity index is 608. The molecule has 0 bridgehead atoms. The number of allylic oxidation sites excluding steroid dienone is 2. The number of hydrogen-bond acceptors (Lipinski definition) is 3. The van der Waals surface area contributed by atoms with E-state index in [0.29, 0.717) is 29.8 Å². The summed E-state index contributed by atoms with van der Waals surface area (Å²) in [4.78, 5) is 25.4. The molecule has 0 N–H and O–H groups in total. The Hall–Kier alpha value is -0.960. The average molecular weight is 300 g/mol. The van der Waals surface area contributed by atoms with Gasteiger partial charge >= 0.3 is 0 Å². The topological polar surface area (TPSA) is 46.7 Å². The molecule has 3 heteroatoms. The lowest BCUT2D eigenvalue weighted by Crippen LogP contribution is -2.56. The van der Waals surface area contributed by atoms with Crippen LogP contribution in [0.2, 0.25) is 0 Å². The van der Waals surface area contributed by atoms with Crippen LogP contribution in [0.15, 0.2) is 12.2 Å². The van der Waals surface area contributed by atoms with Crippen LogP contribution in [-0.4, -0.2) is 23.8 Å². The zero-order chi connectivity index (χ0) is 15.3. The van der Waals surface area contributed by atoms with Crippen LogP contribution in [0.25, 0.3) is 0 Å². The van der Waals surface area contributed by atoms with Crippen molar-refractivity contribution in [3.05, 3.63) is 12.2 Å². The van der Waals surface area contributed by atoms with E-state index in [-0.39, 0.29) is 34.9 Å². The van der Waals surface area contributed by atoms with Crippen LogP contribution < -0.4 is 0 Å². The van der Waals surface area contributed by atoms with E-state index in [2.05, 4.69) is 26.0 Å². The van der Waals surface area contributed by atoms with Crippen LogP contribution in [0.5, 0.6) is 0 Å². The predicted octanol–water partition coefficient (Wildman–Crippen LogP) is 2.93. The number of rotatable bonds is 0. The largest absolute Gasteiger partial charge is 0.361 e. The summed E-state index contributed by atoms with van der Waals surface area (Å²) in [6.45, 7) is 4.48. The third-order valence-corrected chi connectivity index (χ3v) is 7.95. The molecule has 0 unspecified atom stereocenters. The van der Waals surface area contributed by atoms with Crippen LogP contribution in [-0.2, 0) is 14.3 Å². The maximum atomic E-state index is 12.8. The van der Waals surface area contributed by atoms with Gasteiger partial charge in [0.1, 0.15) is 11.9 Å². The van der Waals surface area contributed by atoms with Gasteiger partial charge in [0.25, 0.3) is 0 Å². The maximum Gasteiger partial charge on any atom is 0.170 e. The summed E-state index contributed by atoms with van der Waals surface area (Å²) in [6.07, 6.45) is 9.17. The first kappa shape index (κ1) is 13.5. The quantitative estimate of drug-likeness (QED) is 0.510. The van der Waals surface area contributed by atoms with Gasteiger partial charge in [-0.3, -0.25) is 9.59 Å². The first-order valence-corrected chi connectivity index (χ1v) is 8.84. The molecule has 0 aromatic heterocycles. The lowest BCUT2D eigenvalue weighted by atomic mass is 9.45. The maximum absolute atomic E-state index is 12.8. The highest BCUT2D eigenvalue weighted by atomic mass is 16.6. The fourth-order valence-corrected chi connectivity index (χ4v) is 6.74. The highest BCUT2D eigenvalue weighted by Crippen LogP contribution is 2.67. The van der Waals surface area contributed by atoms with Crippen LogP contribution >= 0.6 is 0 Å². The van der Waals surface area contributed by atoms with Crippen LogP contribution in [0, 0.1) is 34.5 Å². The number of ether oxygens (including phenoxy) is 1. The van der Waals surface area contributed by atoms with Crippen molar-refractivity contribution in [3.63, 3.8) is 0 Å². The third kappa shape index (κ3) is 1.38. The van der Waals surface area contributed by atoms with Crippen molar-refractivity contribution in [1.82, 2.24) is 0 Å². The normalized spacial score (nSPS) is 58.6. The molecule has 0 aromatic rings. The SMILES string of the molecule is C[C@]12CC=CC[C@@H]1C(=O)C[C@H]1[C@@H]3[C@@H]4O[C@@H]4C(=O)[C@@]3(C)CC[C@@H]12. The van der Waals surface area contributed by atoms with Crippen LogP contribution in [0.1, 0.15) is 46.0 Å². The highest BCUT2D eigenvalue weighted by Gasteiger charge is 2.72. The first-order valence-electron chi connectivity index (χ1n) is 8.84. The first-order chi connectivity index (χ1) is 10.5. The second-order valence-corrected chi connectivity index (χ2v) is 8.78. The molecule has 3 saturated carbocycles. The molecule has 4 aliphatic carbocycles. The second-order valence-electron chi connectivity index (χ2n) is 8.78. The fraction of sp³-hybridized carbons (Fsp3) is 0.789. The molecule has 3 nitrogen and oxygen atoms in total. The highest BCUT2D eigenvalue weighted by molar-refractivity contribution is 5.95. The van der Waals surface area contributed by atoms with Gasteiger partial charge in [-0.2, -0.15) is 0 Å². The van der Waals surface area contributed by atoms with Crippen molar-refractivity contribution in [3.8, 4) is 0 Å². The number of Topliss-reactive ketones (excluding diaryl/α,β-unsaturated/α-hetero) is 2. The predicted molar refractivity (Wildman–Crippen MR) is 81.1 cm³/mol. The minimum Gasteiger partial charge on any atom is -0.361 e. The number of fused-ring (bicyclic) bond motifs is 7. The number of ketones is 2. The van der Waals surface area contributed by atoms with Gasteiger partial charge in [-0.15, -0.1) is 0 Å². The van der Waals surface area contributed by atoms with E-state index < -0.39 is 0 Å². The molecule has 1 heterocycles. The van der Waals surface area contributed by atoms with E-state index in [1.165, 1.54) is 0 Å². The lowest BCUT2D eigenvalue weighted by Gasteiger charge is -2.58. The molecule has 1 saturated heterocycles. The summed E-state index contributed by atoms with van der Waals surface area (Å²) in [7, 11) is 0. The summed E-state index contributed by atoms with van der Waals surface area (Å²) < 4.78 is 5.68. The fourth-order valence-electron chi connectivity index (χ4n) is 6.74. The molecule has 5 aliphatic rings. The molecule has 22 heavy (non-hydrogen) atoms. The Kier molecular flexibility index (Phi) is 2.40. The van der Waals surface area contributed by atoms with Gasteiger partial charge < -0.3 is 4.74 Å². The van der Waals surface area contributed by atoms with E-state index in [4.69, 9.17) is 4.74 Å². The monoisotopic (exact) mass is 300 g/mol. The van der Waals surface area contributed by atoms with Gasteiger partial charge in [-0.25, -0.2) is 0 Å². The Morgan fingerprint density at radius 3 is 2.86 bits per heavy atom. The zero-order valence-electron chi connectivity index (χ0n) is 13.4. The van der Waals surface area contributed by atoms with E-state index in [9.17, 15) is 9.59 Å². The molecular formula is C19H24O3. The molecular weight excluding hydrogens is 276 g/mol. The standard InChI is InChI=1S/C19H24O3/c1-18-7-4-3-5-12(18)13(20)9-10-11(18)6-8-19(2)14(10)15-16(22-15)17(19)21/h3-4,10-12,14-16H,5-9H2,1-2H3/t10-,11+,12-,14-,15+,16+,18-,19+/m1/s1. The summed E-state index contributed by atoms with van der Waals surface area (Å²) in [5, 5.41) is 0. The molecule has 0 spiro atoms. The van der Waals surface area contributed by atoms with Crippen molar-refractivity contribution < 1.29 is 14.3 Å². The van der Waals surface area contributed by atoms with E-state index in [0.717, 1.165) is 25.7 Å². The molecule has 1 aliphatic heterocycles. The van der Waals surface area contributed by atoms with Crippen molar-refractivity contribution in [1.29, 1.82) is 0 Å². The summed E-state index contributed by atoms with van der Waals surface area (Å²) in [5.41, 5.74) is -0.116. The number of carbonyl (C=O) groups excluding carboxylic acids is 2. The van der Waals surface area contributed by atoms with Crippen molar-refractivity contribution >= 4 is 11.6 Å². The van der Waals surface area contributed by atoms with Crippen LogP contribution in [0.4, 0.5) is 0 Å². The molecule has 8 atom stereocenters. The number of epoxide rings is 1. The summed E-state index contributed by atoms with van der Waals surface area (Å²) in [6, 6.07) is 0. The van der Waals surface area contributed by atoms with Crippen molar-refractivity contribution in [2.45, 2.75) is 58.2 Å². The molecule has 0 amide bonds. The van der Waals surface area contributed by atoms with E-state index >= 15 is 0 Å². The van der Waals surface area contributed by atoms with Gasteiger partial charge in [0.05, 0.1) is 6.10 Å². The molecule has 0 radical (unpaired) electrons. The lowest BCUT2D eigenvalue weighted by molar-refractivity contribution is -0.157. The van der Waals surface area contributed by atoms with Crippen LogP contribution in [0.3, 0.4) is 0 Å². The second kappa shape index (κ2) is 3.92. The van der Waals surface area contributed by atoms with Gasteiger partial charge in [-0.05, 0) is 42.9 Å². The molecule has 4 fully saturated rings. The average Bonchev–Trinajstić information content (AvgIpc) is 3.21. The van der Waals surface area contributed by atoms with Gasteiger partial charge in [0.2, 0.25) is 0 Å². The summed E-state index contributed by atoms with van der Waals surface area (Å²) in [5.74, 6) is 2.19. The zero-order valence-corrected chi connectivity index (χ0v) is 13.4. The van der Waals surface area contributed by atoms with Gasteiger partial charge in [0.15, 0.2) is 5.78 Å². The summed E-state index contributed by atoms with van der Waals surface area (Å²) >= 11 is 0. The number of hydrogen-bond donors (Lipinski definition) is 0. The molecule has 5 rings (SSSR count). The van der Waals surface area contributed by atoms with E-state index in [1.54, 1.807) is 0 Å². The van der Waals surface area contributed by atoms with Gasteiger partial charge in [-0.1, -0.05) is 26.0 Å². The minimum atomic E-state index is -0.220.